The highest BCUT2D eigenvalue weighted by molar-refractivity contribution is 7.14. The highest BCUT2D eigenvalue weighted by Gasteiger charge is 2.26. The van der Waals surface area contributed by atoms with Gasteiger partial charge in [0.15, 0.2) is 0 Å². The number of benzene rings is 1. The van der Waals surface area contributed by atoms with Gasteiger partial charge in [0, 0.05) is 10.6 Å². The summed E-state index contributed by atoms with van der Waals surface area (Å²) in [5, 5.41) is 3.19. The number of carbonyl (C=O) groups is 1. The van der Waals surface area contributed by atoms with Gasteiger partial charge < -0.3 is 11.1 Å². The van der Waals surface area contributed by atoms with E-state index >= 15 is 0 Å². The second-order valence-electron chi connectivity index (χ2n) is 5.94. The second kappa shape index (κ2) is 4.88. The van der Waals surface area contributed by atoms with Gasteiger partial charge in [0.05, 0.1) is 10.9 Å². The van der Waals surface area contributed by atoms with E-state index in [0.29, 0.717) is 0 Å². The molecule has 1 atom stereocenters. The van der Waals surface area contributed by atoms with Gasteiger partial charge in [0.1, 0.15) is 0 Å². The fourth-order valence-electron chi connectivity index (χ4n) is 3.46. The molecule has 108 valence electrons. The lowest BCUT2D eigenvalue weighted by atomic mass is 10.1. The van der Waals surface area contributed by atoms with Crippen molar-refractivity contribution in [3.8, 4) is 0 Å². The summed E-state index contributed by atoms with van der Waals surface area (Å²) in [4.78, 5) is 14.7. The Balaban J connectivity index is 1.53. The molecule has 0 saturated carbocycles. The van der Waals surface area contributed by atoms with Gasteiger partial charge in [0.2, 0.25) is 0 Å². The predicted octanol–water partition coefficient (Wildman–Crippen LogP) is 3.24. The van der Waals surface area contributed by atoms with Crippen LogP contribution in [-0.4, -0.2) is 5.91 Å². The maximum atomic E-state index is 12.5. The van der Waals surface area contributed by atoms with Crippen LogP contribution in [-0.2, 0) is 19.3 Å². The number of fused-ring (bicyclic) bond motifs is 2. The smallest absolute Gasteiger partial charge is 0.261 e. The molecule has 1 aromatic heterocycles. The zero-order valence-corrected chi connectivity index (χ0v) is 12.6. The molecule has 0 aliphatic heterocycles. The van der Waals surface area contributed by atoms with Gasteiger partial charge in [-0.25, -0.2) is 0 Å². The zero-order chi connectivity index (χ0) is 14.4. The molecule has 1 amide bonds. The number of thiophene rings is 1. The predicted molar refractivity (Wildman–Crippen MR) is 85.7 cm³/mol. The third-order valence-corrected chi connectivity index (χ3v) is 5.76. The molecule has 3 nitrogen and oxygen atoms in total. The van der Waals surface area contributed by atoms with E-state index in [1.165, 1.54) is 28.0 Å². The number of anilines is 1. The van der Waals surface area contributed by atoms with E-state index in [0.717, 1.165) is 36.2 Å². The highest BCUT2D eigenvalue weighted by Crippen LogP contribution is 2.34. The summed E-state index contributed by atoms with van der Waals surface area (Å²) >= 11 is 1.67. The summed E-state index contributed by atoms with van der Waals surface area (Å²) in [5.41, 5.74) is 10.5. The van der Waals surface area contributed by atoms with Gasteiger partial charge in [0.25, 0.3) is 5.91 Å². The second-order valence-corrected chi connectivity index (χ2v) is 7.07. The Labute approximate surface area is 128 Å². The average Bonchev–Trinajstić information content (AvgIpc) is 3.12. The quantitative estimate of drug-likeness (QED) is 0.836. The molecular formula is C17H18N2OS. The SMILES string of the molecule is Nc1ccc2c(c1)CCC2NC(=O)c1cc2c(s1)CCC2. The van der Waals surface area contributed by atoms with Crippen LogP contribution in [0.25, 0.3) is 0 Å². The summed E-state index contributed by atoms with van der Waals surface area (Å²) < 4.78 is 0. The lowest BCUT2D eigenvalue weighted by Crippen LogP contribution is -2.26. The van der Waals surface area contributed by atoms with Crippen LogP contribution in [0.15, 0.2) is 24.3 Å². The van der Waals surface area contributed by atoms with E-state index in [1.54, 1.807) is 11.3 Å². The molecule has 0 fully saturated rings. The van der Waals surface area contributed by atoms with Gasteiger partial charge in [-0.15, -0.1) is 11.3 Å². The Bertz CT molecular complexity index is 698. The molecule has 0 radical (unpaired) electrons. The molecule has 2 aromatic rings. The molecule has 0 spiro atoms. The highest BCUT2D eigenvalue weighted by atomic mass is 32.1. The van der Waals surface area contributed by atoms with Crippen LogP contribution in [0.1, 0.15) is 50.1 Å². The van der Waals surface area contributed by atoms with Gasteiger partial charge in [-0.1, -0.05) is 6.07 Å². The maximum absolute atomic E-state index is 12.5. The van der Waals surface area contributed by atoms with Crippen molar-refractivity contribution in [3.63, 3.8) is 0 Å². The van der Waals surface area contributed by atoms with Crippen molar-refractivity contribution in [1.82, 2.24) is 5.32 Å². The number of carbonyl (C=O) groups excluding carboxylic acids is 1. The van der Waals surface area contributed by atoms with Gasteiger partial charge in [-0.05, 0) is 67.0 Å². The normalized spacial score (nSPS) is 19.3. The third-order valence-electron chi connectivity index (χ3n) is 4.52. The standard InChI is InChI=1S/C17H18N2OS/c18-12-5-6-13-10(8-12)4-7-14(13)19-17(20)16-9-11-2-1-3-15(11)21-16/h5-6,8-9,14H,1-4,7,18H2,(H,19,20). The van der Waals surface area contributed by atoms with Crippen molar-refractivity contribution < 1.29 is 4.79 Å². The van der Waals surface area contributed by atoms with Crippen LogP contribution in [0.5, 0.6) is 0 Å². The molecule has 21 heavy (non-hydrogen) atoms. The fraction of sp³-hybridized carbons (Fsp3) is 0.353. The molecule has 1 unspecified atom stereocenters. The van der Waals surface area contributed by atoms with Crippen molar-refractivity contribution in [3.05, 3.63) is 50.7 Å². The number of hydrogen-bond donors (Lipinski definition) is 2. The van der Waals surface area contributed by atoms with Gasteiger partial charge in [-0.3, -0.25) is 4.79 Å². The van der Waals surface area contributed by atoms with Gasteiger partial charge >= 0.3 is 0 Å². The molecule has 0 saturated heterocycles. The Morgan fingerprint density at radius 1 is 1.19 bits per heavy atom. The van der Waals surface area contributed by atoms with Gasteiger partial charge in [-0.2, -0.15) is 0 Å². The molecule has 1 heterocycles. The minimum Gasteiger partial charge on any atom is -0.399 e. The minimum absolute atomic E-state index is 0.0732. The number of aryl methyl sites for hydroxylation is 3. The number of nitrogen functional groups attached to an aromatic ring is 1. The number of nitrogens with two attached hydrogens (primary N) is 1. The fourth-order valence-corrected chi connectivity index (χ4v) is 4.61. The Hall–Kier alpha value is -1.81. The Kier molecular flexibility index (Phi) is 3.00. The monoisotopic (exact) mass is 298 g/mol. The van der Waals surface area contributed by atoms with Crippen LogP contribution in [0.4, 0.5) is 5.69 Å². The van der Waals surface area contributed by atoms with E-state index in [1.807, 2.05) is 12.1 Å². The minimum atomic E-state index is 0.0732. The van der Waals surface area contributed by atoms with E-state index < -0.39 is 0 Å². The molecule has 4 rings (SSSR count). The van der Waals surface area contributed by atoms with Crippen LogP contribution < -0.4 is 11.1 Å². The van der Waals surface area contributed by atoms with Crippen LogP contribution in [0, 0.1) is 0 Å². The Morgan fingerprint density at radius 3 is 2.95 bits per heavy atom. The third kappa shape index (κ3) is 2.23. The summed E-state index contributed by atoms with van der Waals surface area (Å²) in [7, 11) is 0. The topological polar surface area (TPSA) is 55.1 Å². The summed E-state index contributed by atoms with van der Waals surface area (Å²) in [6.45, 7) is 0. The first-order valence-electron chi connectivity index (χ1n) is 7.51. The number of nitrogens with one attached hydrogen (secondary N) is 1. The van der Waals surface area contributed by atoms with E-state index in [-0.39, 0.29) is 11.9 Å². The zero-order valence-electron chi connectivity index (χ0n) is 11.8. The first-order chi connectivity index (χ1) is 10.2. The number of rotatable bonds is 2. The largest absolute Gasteiger partial charge is 0.399 e. The average molecular weight is 298 g/mol. The maximum Gasteiger partial charge on any atom is 0.261 e. The van der Waals surface area contributed by atoms with Crippen LogP contribution >= 0.6 is 11.3 Å². The summed E-state index contributed by atoms with van der Waals surface area (Å²) in [6.07, 6.45) is 5.46. The van der Waals surface area contributed by atoms with Crippen molar-refractivity contribution in [2.75, 3.05) is 5.73 Å². The Morgan fingerprint density at radius 2 is 2.10 bits per heavy atom. The van der Waals surface area contributed by atoms with Crippen molar-refractivity contribution >= 4 is 22.9 Å². The first kappa shape index (κ1) is 12.9. The first-order valence-corrected chi connectivity index (χ1v) is 8.33. The summed E-state index contributed by atoms with van der Waals surface area (Å²) in [6, 6.07) is 8.22. The molecule has 2 aliphatic carbocycles. The molecule has 4 heteroatoms. The summed E-state index contributed by atoms with van der Waals surface area (Å²) in [5.74, 6) is 0.0732. The van der Waals surface area contributed by atoms with E-state index in [4.69, 9.17) is 5.73 Å². The molecule has 1 aromatic carbocycles. The number of hydrogen-bond acceptors (Lipinski definition) is 3. The van der Waals surface area contributed by atoms with Crippen LogP contribution in [0.2, 0.25) is 0 Å². The molecule has 3 N–H and O–H groups in total. The van der Waals surface area contributed by atoms with Crippen molar-refractivity contribution in [2.24, 2.45) is 0 Å². The van der Waals surface area contributed by atoms with Crippen molar-refractivity contribution in [1.29, 1.82) is 0 Å². The lowest BCUT2D eigenvalue weighted by Gasteiger charge is -2.13. The van der Waals surface area contributed by atoms with Crippen LogP contribution in [0.3, 0.4) is 0 Å². The molecule has 2 aliphatic rings. The van der Waals surface area contributed by atoms with Crippen molar-refractivity contribution in [2.45, 2.75) is 38.1 Å². The molecule has 0 bridgehead atoms. The lowest BCUT2D eigenvalue weighted by molar-refractivity contribution is 0.0941. The number of amides is 1. The van der Waals surface area contributed by atoms with E-state index in [2.05, 4.69) is 17.4 Å². The van der Waals surface area contributed by atoms with E-state index in [9.17, 15) is 4.79 Å². The molecular weight excluding hydrogens is 280 g/mol.